The number of rotatable bonds is 3. The van der Waals surface area contributed by atoms with Crippen molar-refractivity contribution in [2.75, 3.05) is 6.26 Å². The van der Waals surface area contributed by atoms with Crippen LogP contribution in [0.25, 0.3) is 0 Å². The number of thiophene rings is 1. The molecule has 0 fully saturated rings. The van der Waals surface area contributed by atoms with Crippen molar-refractivity contribution < 1.29 is 0 Å². The van der Waals surface area contributed by atoms with Crippen LogP contribution in [0.1, 0.15) is 42.1 Å². The Morgan fingerprint density at radius 2 is 1.79 bits per heavy atom. The van der Waals surface area contributed by atoms with Crippen LogP contribution in [-0.2, 0) is 5.41 Å². The molecule has 3 heteroatoms. The topological polar surface area (TPSA) is 26.0 Å². The lowest BCUT2D eigenvalue weighted by Gasteiger charge is -2.16. The van der Waals surface area contributed by atoms with Crippen molar-refractivity contribution in [1.82, 2.24) is 0 Å². The molecule has 1 nitrogen and oxygen atoms in total. The molecule has 1 atom stereocenters. The monoisotopic (exact) mass is 291 g/mol. The molecule has 0 amide bonds. The first-order valence-corrected chi connectivity index (χ1v) is 8.46. The first kappa shape index (κ1) is 14.6. The van der Waals surface area contributed by atoms with E-state index < -0.39 is 0 Å². The summed E-state index contributed by atoms with van der Waals surface area (Å²) >= 11 is 3.58. The minimum absolute atomic E-state index is 0.0234. The van der Waals surface area contributed by atoms with Crippen LogP contribution in [-0.4, -0.2) is 6.26 Å². The zero-order chi connectivity index (χ0) is 14.0. The summed E-state index contributed by atoms with van der Waals surface area (Å²) in [5.74, 6) is 0. The van der Waals surface area contributed by atoms with Gasteiger partial charge in [-0.05, 0) is 35.4 Å². The molecule has 0 aliphatic rings. The van der Waals surface area contributed by atoms with E-state index in [1.165, 1.54) is 20.2 Å². The summed E-state index contributed by atoms with van der Waals surface area (Å²) in [6, 6.07) is 12.8. The van der Waals surface area contributed by atoms with Crippen LogP contribution >= 0.6 is 23.1 Å². The summed E-state index contributed by atoms with van der Waals surface area (Å²) in [7, 11) is 0. The van der Waals surface area contributed by atoms with Gasteiger partial charge in [0.2, 0.25) is 0 Å². The molecule has 0 radical (unpaired) electrons. The summed E-state index contributed by atoms with van der Waals surface area (Å²) < 4.78 is 0. The fraction of sp³-hybridized carbons (Fsp3) is 0.375. The highest BCUT2D eigenvalue weighted by atomic mass is 32.2. The van der Waals surface area contributed by atoms with Gasteiger partial charge in [-0.2, -0.15) is 0 Å². The van der Waals surface area contributed by atoms with Gasteiger partial charge in [0.1, 0.15) is 0 Å². The maximum absolute atomic E-state index is 6.45. The van der Waals surface area contributed by atoms with Crippen molar-refractivity contribution in [3.8, 4) is 0 Å². The fourth-order valence-corrected chi connectivity index (χ4v) is 3.73. The molecule has 2 N–H and O–H groups in total. The quantitative estimate of drug-likeness (QED) is 0.821. The molecule has 0 spiro atoms. The molecule has 0 aliphatic carbocycles. The minimum Gasteiger partial charge on any atom is -0.320 e. The van der Waals surface area contributed by atoms with Gasteiger partial charge >= 0.3 is 0 Å². The lowest BCUT2D eigenvalue weighted by atomic mass is 9.95. The Morgan fingerprint density at radius 3 is 2.37 bits per heavy atom. The Morgan fingerprint density at radius 1 is 1.11 bits per heavy atom. The predicted molar refractivity (Wildman–Crippen MR) is 87.3 cm³/mol. The summed E-state index contributed by atoms with van der Waals surface area (Å²) in [4.78, 5) is 3.90. The Labute approximate surface area is 124 Å². The van der Waals surface area contributed by atoms with Crippen LogP contribution in [0.15, 0.2) is 41.3 Å². The van der Waals surface area contributed by atoms with E-state index in [4.69, 9.17) is 5.73 Å². The van der Waals surface area contributed by atoms with Gasteiger partial charge in [-0.1, -0.05) is 39.0 Å². The largest absolute Gasteiger partial charge is 0.320 e. The third kappa shape index (κ3) is 3.22. The first-order chi connectivity index (χ1) is 8.93. The molecule has 0 aliphatic heterocycles. The van der Waals surface area contributed by atoms with Gasteiger partial charge in [0.15, 0.2) is 0 Å². The van der Waals surface area contributed by atoms with E-state index in [-0.39, 0.29) is 11.5 Å². The van der Waals surface area contributed by atoms with E-state index in [2.05, 4.69) is 63.4 Å². The molecule has 1 unspecified atom stereocenters. The second-order valence-electron chi connectivity index (χ2n) is 5.67. The average Bonchev–Trinajstić information content (AvgIpc) is 2.87. The molecule has 1 aromatic heterocycles. The lowest BCUT2D eigenvalue weighted by Crippen LogP contribution is -2.11. The summed E-state index contributed by atoms with van der Waals surface area (Å²) in [5, 5.41) is 0. The standard InChI is InChI=1S/C16H21NS2/c1-16(2,3)14-10-9-13(19-14)15(17)11-7-5-6-8-12(11)18-4/h5-10,15H,17H2,1-4H3. The average molecular weight is 291 g/mol. The Bertz CT molecular complexity index is 552. The molecule has 1 aromatic carbocycles. The van der Waals surface area contributed by atoms with Crippen molar-refractivity contribution in [2.24, 2.45) is 5.73 Å². The van der Waals surface area contributed by atoms with Crippen LogP contribution in [0.3, 0.4) is 0 Å². The van der Waals surface area contributed by atoms with Crippen LogP contribution in [0.5, 0.6) is 0 Å². The van der Waals surface area contributed by atoms with E-state index in [0.717, 1.165) is 0 Å². The van der Waals surface area contributed by atoms with Gasteiger partial charge in [-0.3, -0.25) is 0 Å². The van der Waals surface area contributed by atoms with Crippen molar-refractivity contribution in [2.45, 2.75) is 37.1 Å². The third-order valence-corrected chi connectivity index (χ3v) is 5.55. The molecule has 1 heterocycles. The zero-order valence-corrected chi connectivity index (χ0v) is 13.6. The highest BCUT2D eigenvalue weighted by molar-refractivity contribution is 7.98. The van der Waals surface area contributed by atoms with Gasteiger partial charge < -0.3 is 5.73 Å². The number of hydrogen-bond donors (Lipinski definition) is 1. The number of benzene rings is 1. The van der Waals surface area contributed by atoms with E-state index in [1.54, 1.807) is 11.8 Å². The predicted octanol–water partition coefficient (Wildman–Crippen LogP) is 4.82. The highest BCUT2D eigenvalue weighted by Gasteiger charge is 2.20. The third-order valence-electron chi connectivity index (χ3n) is 3.15. The van der Waals surface area contributed by atoms with E-state index in [0.29, 0.717) is 0 Å². The first-order valence-electron chi connectivity index (χ1n) is 6.42. The minimum atomic E-state index is -0.0234. The molecule has 0 bridgehead atoms. The Hall–Kier alpha value is -0.770. The van der Waals surface area contributed by atoms with Gasteiger partial charge in [-0.15, -0.1) is 23.1 Å². The zero-order valence-electron chi connectivity index (χ0n) is 11.9. The normalized spacial score (nSPS) is 13.5. The molecule has 102 valence electrons. The highest BCUT2D eigenvalue weighted by Crippen LogP contribution is 2.35. The van der Waals surface area contributed by atoms with Crippen molar-refractivity contribution in [3.63, 3.8) is 0 Å². The molecule has 0 saturated carbocycles. The summed E-state index contributed by atoms with van der Waals surface area (Å²) in [6.07, 6.45) is 2.10. The molecular formula is C16H21NS2. The molecule has 0 saturated heterocycles. The van der Waals surface area contributed by atoms with E-state index >= 15 is 0 Å². The number of nitrogens with two attached hydrogens (primary N) is 1. The SMILES string of the molecule is CSc1ccccc1C(N)c1ccc(C(C)(C)C)s1. The van der Waals surface area contributed by atoms with Crippen LogP contribution in [0, 0.1) is 0 Å². The van der Waals surface area contributed by atoms with Crippen LogP contribution < -0.4 is 5.73 Å². The maximum atomic E-state index is 6.45. The second kappa shape index (κ2) is 5.70. The van der Waals surface area contributed by atoms with Gasteiger partial charge in [0.25, 0.3) is 0 Å². The van der Waals surface area contributed by atoms with Gasteiger partial charge in [0.05, 0.1) is 6.04 Å². The van der Waals surface area contributed by atoms with Crippen LogP contribution in [0.4, 0.5) is 0 Å². The smallest absolute Gasteiger partial charge is 0.0657 e. The van der Waals surface area contributed by atoms with Crippen molar-refractivity contribution in [3.05, 3.63) is 51.7 Å². The summed E-state index contributed by atoms with van der Waals surface area (Å²) in [6.45, 7) is 6.72. The number of hydrogen-bond acceptors (Lipinski definition) is 3. The van der Waals surface area contributed by atoms with Gasteiger partial charge in [0, 0.05) is 14.6 Å². The summed E-state index contributed by atoms with van der Waals surface area (Å²) in [5.41, 5.74) is 7.86. The fourth-order valence-electron chi connectivity index (χ4n) is 2.00. The molecule has 2 rings (SSSR count). The number of thioether (sulfide) groups is 1. The maximum Gasteiger partial charge on any atom is 0.0657 e. The molecule has 2 aromatic rings. The Kier molecular flexibility index (Phi) is 4.39. The molecule has 19 heavy (non-hydrogen) atoms. The van der Waals surface area contributed by atoms with Crippen LogP contribution in [0.2, 0.25) is 0 Å². The van der Waals surface area contributed by atoms with Crippen molar-refractivity contribution >= 4 is 23.1 Å². The van der Waals surface area contributed by atoms with Gasteiger partial charge in [-0.25, -0.2) is 0 Å². The van der Waals surface area contributed by atoms with E-state index in [1.807, 2.05) is 11.3 Å². The van der Waals surface area contributed by atoms with Crippen molar-refractivity contribution in [1.29, 1.82) is 0 Å². The second-order valence-corrected chi connectivity index (χ2v) is 7.64. The molecular weight excluding hydrogens is 270 g/mol. The lowest BCUT2D eigenvalue weighted by molar-refractivity contribution is 0.604. The Balaban J connectivity index is 2.34. The van der Waals surface area contributed by atoms with E-state index in [9.17, 15) is 0 Å².